The van der Waals surface area contributed by atoms with Gasteiger partial charge in [-0.05, 0) is 26.3 Å². The monoisotopic (exact) mass is 282 g/mol. The van der Waals surface area contributed by atoms with Crippen LogP contribution in [0.1, 0.15) is 26.3 Å². The maximum atomic E-state index is 11.7. The molecule has 0 heterocycles. The maximum absolute atomic E-state index is 11.7. The van der Waals surface area contributed by atoms with Crippen LogP contribution in [-0.4, -0.2) is 37.4 Å². The van der Waals surface area contributed by atoms with Gasteiger partial charge in [-0.2, -0.15) is 0 Å². The van der Waals surface area contributed by atoms with Crippen LogP contribution in [0.4, 0.5) is 0 Å². The molecule has 1 aromatic rings. The minimum atomic E-state index is -0.961. The number of carbonyl (C=O) groups excluding carboxylic acids is 2. The minimum absolute atomic E-state index is 0.254. The first-order chi connectivity index (χ1) is 9.56. The molecule has 0 saturated heterocycles. The van der Waals surface area contributed by atoms with E-state index in [-0.39, 0.29) is 6.61 Å². The number of hydrogen-bond acceptors (Lipinski definition) is 5. The van der Waals surface area contributed by atoms with E-state index in [1.54, 1.807) is 20.8 Å². The number of hydrogen-bond donors (Lipinski definition) is 1. The molecule has 5 nitrogen and oxygen atoms in total. The molecule has 5 heteroatoms. The molecule has 0 aliphatic heterocycles. The van der Waals surface area contributed by atoms with Crippen molar-refractivity contribution in [3.63, 3.8) is 0 Å². The van der Waals surface area contributed by atoms with Gasteiger partial charge in [0.1, 0.15) is 5.41 Å². The molecule has 1 aromatic carbocycles. The summed E-state index contributed by atoms with van der Waals surface area (Å²) in [6.45, 7) is 6.16. The summed E-state index contributed by atoms with van der Waals surface area (Å²) < 4.78 is 9.11. The van der Waals surface area contributed by atoms with E-state index in [1.807, 2.05) is 30.3 Å². The molecule has 1 rings (SSSR count). The number of rotatable bonds is 6. The standard InChI is InChI=1S/C12H16O3.C3H6O2/c1-3-15-11(14)12(2,9-13)10-7-5-4-6-8-10;1-2-5-3-4/h4-8,13H,3,9H2,1-2H3;3H,2H2,1H3. The van der Waals surface area contributed by atoms with E-state index >= 15 is 0 Å². The van der Waals surface area contributed by atoms with Crippen LogP contribution in [0.3, 0.4) is 0 Å². The zero-order valence-electron chi connectivity index (χ0n) is 12.2. The lowest BCUT2D eigenvalue weighted by Gasteiger charge is -2.25. The smallest absolute Gasteiger partial charge is 0.318 e. The fourth-order valence-electron chi connectivity index (χ4n) is 1.44. The molecule has 0 radical (unpaired) electrons. The van der Waals surface area contributed by atoms with Gasteiger partial charge in [-0.1, -0.05) is 30.3 Å². The van der Waals surface area contributed by atoms with Gasteiger partial charge in [-0.15, -0.1) is 0 Å². The molecule has 0 amide bonds. The molecule has 1 unspecified atom stereocenters. The Morgan fingerprint density at radius 2 is 1.85 bits per heavy atom. The Morgan fingerprint density at radius 1 is 1.25 bits per heavy atom. The van der Waals surface area contributed by atoms with E-state index in [0.717, 1.165) is 5.56 Å². The third-order valence-corrected chi connectivity index (χ3v) is 2.69. The fraction of sp³-hybridized carbons (Fsp3) is 0.467. The predicted octanol–water partition coefficient (Wildman–Crippen LogP) is 1.68. The molecule has 0 fully saturated rings. The van der Waals surface area contributed by atoms with Gasteiger partial charge < -0.3 is 14.6 Å². The quantitative estimate of drug-likeness (QED) is 0.635. The zero-order valence-corrected chi connectivity index (χ0v) is 12.2. The average molecular weight is 282 g/mol. The van der Waals surface area contributed by atoms with E-state index in [0.29, 0.717) is 19.7 Å². The first kappa shape index (κ1) is 18.1. The largest absolute Gasteiger partial charge is 0.468 e. The van der Waals surface area contributed by atoms with Crippen LogP contribution < -0.4 is 0 Å². The molecule has 0 spiro atoms. The Morgan fingerprint density at radius 3 is 2.20 bits per heavy atom. The molecular weight excluding hydrogens is 260 g/mol. The van der Waals surface area contributed by atoms with Gasteiger partial charge in [-0.25, -0.2) is 0 Å². The van der Waals surface area contributed by atoms with Crippen LogP contribution in [0.5, 0.6) is 0 Å². The number of esters is 1. The highest BCUT2D eigenvalue weighted by molar-refractivity contribution is 5.82. The summed E-state index contributed by atoms with van der Waals surface area (Å²) in [5.41, 5.74) is -0.192. The van der Waals surface area contributed by atoms with Crippen molar-refractivity contribution in [3.8, 4) is 0 Å². The van der Waals surface area contributed by atoms with Gasteiger partial charge in [0.05, 0.1) is 19.8 Å². The Bertz CT molecular complexity index is 391. The van der Waals surface area contributed by atoms with Crippen molar-refractivity contribution in [2.75, 3.05) is 19.8 Å². The average Bonchev–Trinajstić information content (AvgIpc) is 2.49. The Hall–Kier alpha value is -1.88. The summed E-state index contributed by atoms with van der Waals surface area (Å²) in [5.74, 6) is -0.390. The van der Waals surface area contributed by atoms with Crippen molar-refractivity contribution < 1.29 is 24.2 Å². The summed E-state index contributed by atoms with van der Waals surface area (Å²) in [5, 5.41) is 9.33. The molecule has 0 aliphatic rings. The summed E-state index contributed by atoms with van der Waals surface area (Å²) >= 11 is 0. The highest BCUT2D eigenvalue weighted by Crippen LogP contribution is 2.24. The number of benzene rings is 1. The van der Waals surface area contributed by atoms with Gasteiger partial charge >= 0.3 is 5.97 Å². The number of aliphatic hydroxyl groups is 1. The number of carbonyl (C=O) groups is 2. The van der Waals surface area contributed by atoms with Crippen molar-refractivity contribution in [2.45, 2.75) is 26.2 Å². The minimum Gasteiger partial charge on any atom is -0.468 e. The summed E-state index contributed by atoms with van der Waals surface area (Å²) in [6, 6.07) is 9.16. The molecule has 0 bridgehead atoms. The predicted molar refractivity (Wildman–Crippen MR) is 75.2 cm³/mol. The fourth-order valence-corrected chi connectivity index (χ4v) is 1.44. The molecule has 1 N–H and O–H groups in total. The van der Waals surface area contributed by atoms with Gasteiger partial charge in [0.15, 0.2) is 0 Å². The third-order valence-electron chi connectivity index (χ3n) is 2.69. The Balaban J connectivity index is 0.000000621. The molecule has 112 valence electrons. The SMILES string of the molecule is CCOC(=O)C(C)(CO)c1ccccc1.CCOC=O. The summed E-state index contributed by atoms with van der Waals surface area (Å²) in [6.07, 6.45) is 0. The highest BCUT2D eigenvalue weighted by Gasteiger charge is 2.35. The van der Waals surface area contributed by atoms with Crippen molar-refractivity contribution in [2.24, 2.45) is 0 Å². The highest BCUT2D eigenvalue weighted by atomic mass is 16.5. The number of ether oxygens (including phenoxy) is 2. The van der Waals surface area contributed by atoms with Crippen LogP contribution in [0.2, 0.25) is 0 Å². The van der Waals surface area contributed by atoms with Gasteiger partial charge in [0.25, 0.3) is 6.47 Å². The lowest BCUT2D eigenvalue weighted by molar-refractivity contribution is -0.151. The van der Waals surface area contributed by atoms with Gasteiger partial charge in [-0.3, -0.25) is 9.59 Å². The Labute approximate surface area is 119 Å². The molecule has 20 heavy (non-hydrogen) atoms. The van der Waals surface area contributed by atoms with Gasteiger partial charge in [0, 0.05) is 0 Å². The summed E-state index contributed by atoms with van der Waals surface area (Å²) in [7, 11) is 0. The molecule has 1 atom stereocenters. The second-order valence-corrected chi connectivity index (χ2v) is 4.13. The molecule has 0 saturated carbocycles. The lowest BCUT2D eigenvalue weighted by atomic mass is 9.83. The molecule has 0 aliphatic carbocycles. The van der Waals surface area contributed by atoms with Crippen LogP contribution in [0.15, 0.2) is 30.3 Å². The van der Waals surface area contributed by atoms with Crippen molar-refractivity contribution in [3.05, 3.63) is 35.9 Å². The van der Waals surface area contributed by atoms with E-state index in [9.17, 15) is 14.7 Å². The van der Waals surface area contributed by atoms with E-state index in [2.05, 4.69) is 4.74 Å². The van der Waals surface area contributed by atoms with Crippen LogP contribution in [0, 0.1) is 0 Å². The van der Waals surface area contributed by atoms with E-state index in [4.69, 9.17) is 4.74 Å². The topological polar surface area (TPSA) is 72.8 Å². The van der Waals surface area contributed by atoms with Crippen LogP contribution >= 0.6 is 0 Å². The van der Waals surface area contributed by atoms with Crippen LogP contribution in [0.25, 0.3) is 0 Å². The number of aliphatic hydroxyl groups excluding tert-OH is 1. The third kappa shape index (κ3) is 5.40. The first-order valence-corrected chi connectivity index (χ1v) is 6.45. The zero-order chi connectivity index (χ0) is 15.4. The molecule has 0 aromatic heterocycles. The normalized spacial score (nSPS) is 12.4. The lowest BCUT2D eigenvalue weighted by Crippen LogP contribution is -2.38. The second-order valence-electron chi connectivity index (χ2n) is 4.13. The van der Waals surface area contributed by atoms with Gasteiger partial charge in [0.2, 0.25) is 0 Å². The van der Waals surface area contributed by atoms with Crippen molar-refractivity contribution in [1.82, 2.24) is 0 Å². The summed E-state index contributed by atoms with van der Waals surface area (Å²) in [4.78, 5) is 20.9. The Kier molecular flexibility index (Phi) is 9.04. The van der Waals surface area contributed by atoms with Crippen molar-refractivity contribution in [1.29, 1.82) is 0 Å². The van der Waals surface area contributed by atoms with Crippen LogP contribution in [-0.2, 0) is 24.5 Å². The first-order valence-electron chi connectivity index (χ1n) is 6.45. The van der Waals surface area contributed by atoms with Crippen molar-refractivity contribution >= 4 is 12.4 Å². The maximum Gasteiger partial charge on any atom is 0.318 e. The van der Waals surface area contributed by atoms with E-state index < -0.39 is 11.4 Å². The molecular formula is C15H22O5. The second kappa shape index (κ2) is 9.97. The van der Waals surface area contributed by atoms with E-state index in [1.165, 1.54) is 0 Å².